The molecule has 0 saturated heterocycles. The maximum absolute atomic E-state index is 13.3. The molecule has 21 heavy (non-hydrogen) atoms. The van der Waals surface area contributed by atoms with Gasteiger partial charge in [0.2, 0.25) is 5.91 Å². The van der Waals surface area contributed by atoms with E-state index in [1.165, 1.54) is 25.0 Å². The van der Waals surface area contributed by atoms with Crippen LogP contribution in [-0.4, -0.2) is 16.8 Å². The van der Waals surface area contributed by atoms with Crippen LogP contribution in [0.15, 0.2) is 18.2 Å². The SMILES string of the molecule is NC(C(=O)N1Cc2ccc(F)cc2C1)C12CCC(CC1)C2. The summed E-state index contributed by atoms with van der Waals surface area (Å²) in [5, 5.41) is 0. The standard InChI is InChI=1S/C17H21FN2O/c18-14-2-1-12-9-20(10-13(12)7-14)16(21)15(19)17-5-3-11(8-17)4-6-17/h1-2,7,11,15H,3-6,8-10,19H2. The highest BCUT2D eigenvalue weighted by molar-refractivity contribution is 5.83. The molecule has 2 bridgehead atoms. The normalized spacial score (nSPS) is 31.5. The van der Waals surface area contributed by atoms with E-state index in [9.17, 15) is 9.18 Å². The maximum Gasteiger partial charge on any atom is 0.240 e. The monoisotopic (exact) mass is 288 g/mol. The van der Waals surface area contributed by atoms with Gasteiger partial charge in [-0.25, -0.2) is 4.39 Å². The first-order valence-corrected chi connectivity index (χ1v) is 7.89. The van der Waals surface area contributed by atoms with E-state index >= 15 is 0 Å². The average molecular weight is 288 g/mol. The Hall–Kier alpha value is -1.42. The predicted molar refractivity (Wildman–Crippen MR) is 77.6 cm³/mol. The lowest BCUT2D eigenvalue weighted by Gasteiger charge is -2.34. The van der Waals surface area contributed by atoms with Crippen LogP contribution in [0.2, 0.25) is 0 Å². The Bertz CT molecular complexity index is 592. The molecule has 4 rings (SSSR count). The van der Waals surface area contributed by atoms with E-state index in [1.54, 1.807) is 11.0 Å². The van der Waals surface area contributed by atoms with Gasteiger partial charge in [0.05, 0.1) is 6.04 Å². The molecular formula is C17H21FN2O. The number of rotatable bonds is 2. The van der Waals surface area contributed by atoms with E-state index in [4.69, 9.17) is 5.73 Å². The van der Waals surface area contributed by atoms with E-state index in [0.29, 0.717) is 13.1 Å². The van der Waals surface area contributed by atoms with Gasteiger partial charge in [-0.05, 0) is 66.7 Å². The Morgan fingerprint density at radius 3 is 2.67 bits per heavy atom. The number of hydrogen-bond donors (Lipinski definition) is 1. The van der Waals surface area contributed by atoms with Gasteiger partial charge in [-0.2, -0.15) is 0 Å². The molecule has 0 aromatic heterocycles. The Morgan fingerprint density at radius 2 is 2.00 bits per heavy atom. The van der Waals surface area contributed by atoms with Gasteiger partial charge in [0.25, 0.3) is 0 Å². The van der Waals surface area contributed by atoms with E-state index < -0.39 is 0 Å². The summed E-state index contributed by atoms with van der Waals surface area (Å²) < 4.78 is 13.3. The van der Waals surface area contributed by atoms with Crippen LogP contribution in [0.1, 0.15) is 43.2 Å². The molecule has 2 aliphatic carbocycles. The second-order valence-electron chi connectivity index (χ2n) is 7.09. The van der Waals surface area contributed by atoms with Gasteiger partial charge in [-0.15, -0.1) is 0 Å². The summed E-state index contributed by atoms with van der Waals surface area (Å²) in [6, 6.07) is 4.39. The molecule has 0 spiro atoms. The van der Waals surface area contributed by atoms with Crippen LogP contribution >= 0.6 is 0 Å². The average Bonchev–Trinajstić information content (AvgIpc) is 3.19. The van der Waals surface area contributed by atoms with Crippen LogP contribution in [-0.2, 0) is 17.9 Å². The highest BCUT2D eigenvalue weighted by Gasteiger charge is 2.51. The highest BCUT2D eigenvalue weighted by atomic mass is 19.1. The number of carbonyl (C=O) groups is 1. The fraction of sp³-hybridized carbons (Fsp3) is 0.588. The fourth-order valence-electron chi connectivity index (χ4n) is 4.65. The van der Waals surface area contributed by atoms with Crippen LogP contribution in [0.5, 0.6) is 0 Å². The van der Waals surface area contributed by atoms with E-state index in [0.717, 1.165) is 36.3 Å². The summed E-state index contributed by atoms with van der Waals surface area (Å²) in [6.07, 6.45) is 5.77. The molecule has 3 nitrogen and oxygen atoms in total. The van der Waals surface area contributed by atoms with Gasteiger partial charge < -0.3 is 10.6 Å². The summed E-state index contributed by atoms with van der Waals surface area (Å²) in [5.41, 5.74) is 8.38. The van der Waals surface area contributed by atoms with Crippen molar-refractivity contribution in [2.45, 2.75) is 51.2 Å². The number of carbonyl (C=O) groups excluding carboxylic acids is 1. The van der Waals surface area contributed by atoms with Crippen molar-refractivity contribution >= 4 is 5.91 Å². The number of nitrogens with zero attached hydrogens (tertiary/aromatic N) is 1. The number of halogens is 1. The lowest BCUT2D eigenvalue weighted by atomic mass is 9.77. The number of fused-ring (bicyclic) bond motifs is 3. The summed E-state index contributed by atoms with van der Waals surface area (Å²) in [5.74, 6) is 0.600. The lowest BCUT2D eigenvalue weighted by molar-refractivity contribution is -0.136. The van der Waals surface area contributed by atoms with Crippen LogP contribution in [0.25, 0.3) is 0 Å². The van der Waals surface area contributed by atoms with Gasteiger partial charge in [0, 0.05) is 13.1 Å². The van der Waals surface area contributed by atoms with Crippen LogP contribution in [0.3, 0.4) is 0 Å². The third-order valence-corrected chi connectivity index (χ3v) is 5.92. The summed E-state index contributed by atoms with van der Waals surface area (Å²) in [4.78, 5) is 14.6. The number of amides is 1. The van der Waals surface area contributed by atoms with Crippen molar-refractivity contribution in [3.8, 4) is 0 Å². The molecule has 1 heterocycles. The van der Waals surface area contributed by atoms with Crippen molar-refractivity contribution in [1.82, 2.24) is 4.90 Å². The molecule has 1 aliphatic heterocycles. The first kappa shape index (κ1) is 13.3. The third kappa shape index (κ3) is 2.00. The zero-order valence-corrected chi connectivity index (χ0v) is 12.1. The second-order valence-corrected chi connectivity index (χ2v) is 7.09. The van der Waals surface area contributed by atoms with Crippen molar-refractivity contribution in [3.05, 3.63) is 35.1 Å². The van der Waals surface area contributed by atoms with Crippen molar-refractivity contribution in [3.63, 3.8) is 0 Å². The maximum atomic E-state index is 13.3. The molecular weight excluding hydrogens is 267 g/mol. The molecule has 1 atom stereocenters. The molecule has 4 heteroatoms. The molecule has 1 unspecified atom stereocenters. The van der Waals surface area contributed by atoms with Crippen LogP contribution in [0, 0.1) is 17.2 Å². The van der Waals surface area contributed by atoms with Crippen LogP contribution < -0.4 is 5.73 Å². The number of hydrogen-bond acceptors (Lipinski definition) is 2. The minimum atomic E-state index is -0.385. The Labute approximate surface area is 124 Å². The van der Waals surface area contributed by atoms with Gasteiger partial charge in [0.15, 0.2) is 0 Å². The summed E-state index contributed by atoms with van der Waals surface area (Å²) >= 11 is 0. The van der Waals surface area contributed by atoms with E-state index in [2.05, 4.69) is 0 Å². The van der Waals surface area contributed by atoms with Gasteiger partial charge >= 0.3 is 0 Å². The molecule has 2 N–H and O–H groups in total. The van der Waals surface area contributed by atoms with Crippen LogP contribution in [0.4, 0.5) is 4.39 Å². The minimum Gasteiger partial charge on any atom is -0.333 e. The Balaban J connectivity index is 1.52. The minimum absolute atomic E-state index is 0.0434. The fourth-order valence-corrected chi connectivity index (χ4v) is 4.65. The third-order valence-electron chi connectivity index (χ3n) is 5.92. The van der Waals surface area contributed by atoms with Gasteiger partial charge in [-0.3, -0.25) is 4.79 Å². The first-order chi connectivity index (χ1) is 10.1. The van der Waals surface area contributed by atoms with E-state index in [-0.39, 0.29) is 23.2 Å². The molecule has 3 aliphatic rings. The molecule has 2 saturated carbocycles. The molecule has 1 aromatic carbocycles. The van der Waals surface area contributed by atoms with Crippen molar-refractivity contribution in [2.75, 3.05) is 0 Å². The molecule has 112 valence electrons. The van der Waals surface area contributed by atoms with Crippen molar-refractivity contribution in [1.29, 1.82) is 0 Å². The second kappa shape index (κ2) is 4.54. The van der Waals surface area contributed by atoms with Gasteiger partial charge in [-0.1, -0.05) is 6.07 Å². The number of nitrogens with two attached hydrogens (primary N) is 1. The lowest BCUT2D eigenvalue weighted by Crippen LogP contribution is -2.50. The smallest absolute Gasteiger partial charge is 0.240 e. The molecule has 1 aromatic rings. The zero-order chi connectivity index (χ0) is 14.6. The quantitative estimate of drug-likeness (QED) is 0.909. The first-order valence-electron chi connectivity index (χ1n) is 7.89. The summed E-state index contributed by atoms with van der Waals surface area (Å²) in [7, 11) is 0. The highest BCUT2D eigenvalue weighted by Crippen LogP contribution is 2.55. The number of benzene rings is 1. The topological polar surface area (TPSA) is 46.3 Å². The van der Waals surface area contributed by atoms with Crippen molar-refractivity contribution < 1.29 is 9.18 Å². The van der Waals surface area contributed by atoms with Gasteiger partial charge in [0.1, 0.15) is 5.82 Å². The predicted octanol–water partition coefficient (Wildman–Crippen LogP) is 2.58. The Kier molecular flexibility index (Phi) is 2.86. The Morgan fingerprint density at radius 1 is 1.29 bits per heavy atom. The largest absolute Gasteiger partial charge is 0.333 e. The zero-order valence-electron chi connectivity index (χ0n) is 12.1. The van der Waals surface area contributed by atoms with Crippen molar-refractivity contribution in [2.24, 2.45) is 17.1 Å². The molecule has 2 fully saturated rings. The molecule has 0 radical (unpaired) electrons. The summed E-state index contributed by atoms with van der Waals surface area (Å²) in [6.45, 7) is 1.07. The molecule has 1 amide bonds. The van der Waals surface area contributed by atoms with E-state index in [1.807, 2.05) is 0 Å².